The molecule has 1 N–H and O–H groups in total. The molecule has 0 aliphatic rings. The number of hydrogen-bond acceptors (Lipinski definition) is 3. The van der Waals surface area contributed by atoms with Crippen molar-refractivity contribution in [3.63, 3.8) is 0 Å². The van der Waals surface area contributed by atoms with Crippen LogP contribution in [0.2, 0.25) is 0 Å². The summed E-state index contributed by atoms with van der Waals surface area (Å²) in [4.78, 5) is 11.1. The Morgan fingerprint density at radius 1 is 1.50 bits per heavy atom. The van der Waals surface area contributed by atoms with Crippen LogP contribution in [0.4, 0.5) is 0 Å². The molecule has 0 heterocycles. The van der Waals surface area contributed by atoms with Crippen molar-refractivity contribution >= 4 is 53.8 Å². The fraction of sp³-hybridized carbons (Fsp3) is 0.833. The molecule has 0 radical (unpaired) electrons. The Morgan fingerprint density at radius 2 is 1.92 bits per heavy atom. The van der Waals surface area contributed by atoms with Gasteiger partial charge in [-0.1, -0.05) is 47.8 Å². The zero-order valence-corrected chi connectivity index (χ0v) is 11.4. The lowest BCUT2D eigenvalue weighted by Crippen LogP contribution is -2.47. The highest BCUT2D eigenvalue weighted by Gasteiger charge is 2.48. The van der Waals surface area contributed by atoms with Gasteiger partial charge in [0.2, 0.25) is 0 Å². The van der Waals surface area contributed by atoms with Gasteiger partial charge in [0.15, 0.2) is 7.74 Å². The van der Waals surface area contributed by atoms with E-state index in [2.05, 4.69) is 52.5 Å². The lowest BCUT2D eigenvalue weighted by Gasteiger charge is -2.29. The first-order valence-electron chi connectivity index (χ1n) is 3.19. The Kier molecular flexibility index (Phi) is 4.71. The predicted octanol–water partition coefficient (Wildman–Crippen LogP) is 2.14. The first-order valence-corrected chi connectivity index (χ1v) is 5.57. The number of halogens is 3. The van der Waals surface area contributed by atoms with Crippen LogP contribution in [0.5, 0.6) is 0 Å². The molecule has 0 aromatic heterocycles. The third-order valence-corrected chi connectivity index (χ3v) is 3.54. The summed E-state index contributed by atoms with van der Waals surface area (Å²) in [6.45, 7) is 3.24. The van der Waals surface area contributed by atoms with Gasteiger partial charge in [0.1, 0.15) is 0 Å². The standard InChI is InChI=1S/C6H9Br3O3/c1-3-12-4(10)5(2,11)6(7,8)9/h11H,3H2,1-2H3. The van der Waals surface area contributed by atoms with Gasteiger partial charge in [0.05, 0.1) is 6.61 Å². The minimum Gasteiger partial charge on any atom is -0.464 e. The van der Waals surface area contributed by atoms with Crippen molar-refractivity contribution in [2.75, 3.05) is 6.61 Å². The number of aliphatic hydroxyl groups is 1. The van der Waals surface area contributed by atoms with Crippen molar-refractivity contribution in [3.05, 3.63) is 0 Å². The fourth-order valence-electron chi connectivity index (χ4n) is 0.387. The normalized spacial score (nSPS) is 16.8. The van der Waals surface area contributed by atoms with Gasteiger partial charge in [-0.05, 0) is 13.8 Å². The number of carbonyl (C=O) groups is 1. The van der Waals surface area contributed by atoms with Crippen molar-refractivity contribution in [1.82, 2.24) is 0 Å². The van der Waals surface area contributed by atoms with E-state index in [4.69, 9.17) is 0 Å². The molecule has 0 aliphatic carbocycles. The van der Waals surface area contributed by atoms with E-state index in [0.717, 1.165) is 0 Å². The number of esters is 1. The van der Waals surface area contributed by atoms with Crippen LogP contribution in [-0.2, 0) is 9.53 Å². The summed E-state index contributed by atoms with van der Waals surface area (Å²) in [7, 11) is 0. The average molecular weight is 369 g/mol. The molecule has 0 aliphatic heterocycles. The second kappa shape index (κ2) is 4.39. The molecule has 0 aromatic carbocycles. The van der Waals surface area contributed by atoms with Gasteiger partial charge in [0.25, 0.3) is 0 Å². The molecule has 0 rings (SSSR count). The van der Waals surface area contributed by atoms with Crippen LogP contribution in [0.3, 0.4) is 0 Å². The minimum absolute atomic E-state index is 0.234. The second-order valence-corrected chi connectivity index (χ2v) is 9.05. The predicted molar refractivity (Wildman–Crippen MR) is 56.8 cm³/mol. The van der Waals surface area contributed by atoms with Gasteiger partial charge < -0.3 is 9.84 Å². The van der Waals surface area contributed by atoms with E-state index in [0.29, 0.717) is 0 Å². The number of alkyl halides is 3. The van der Waals surface area contributed by atoms with Crippen molar-refractivity contribution in [1.29, 1.82) is 0 Å². The summed E-state index contributed by atoms with van der Waals surface area (Å²) in [5.74, 6) is -0.698. The van der Waals surface area contributed by atoms with E-state index < -0.39 is 13.7 Å². The van der Waals surface area contributed by atoms with Crippen LogP contribution >= 0.6 is 47.8 Å². The summed E-state index contributed by atoms with van der Waals surface area (Å²) in [5.41, 5.74) is -1.66. The SMILES string of the molecule is CCOC(=O)C(C)(O)C(Br)(Br)Br. The van der Waals surface area contributed by atoms with Crippen molar-refractivity contribution in [2.45, 2.75) is 21.6 Å². The van der Waals surface area contributed by atoms with Gasteiger partial charge in [-0.3, -0.25) is 0 Å². The lowest BCUT2D eigenvalue weighted by molar-refractivity contribution is -0.161. The van der Waals surface area contributed by atoms with E-state index in [1.165, 1.54) is 6.92 Å². The molecular formula is C6H9Br3O3. The largest absolute Gasteiger partial charge is 0.464 e. The van der Waals surface area contributed by atoms with Crippen LogP contribution in [0.15, 0.2) is 0 Å². The van der Waals surface area contributed by atoms with Gasteiger partial charge in [-0.15, -0.1) is 0 Å². The van der Waals surface area contributed by atoms with Crippen LogP contribution in [0, 0.1) is 0 Å². The van der Waals surface area contributed by atoms with E-state index in [9.17, 15) is 9.90 Å². The topological polar surface area (TPSA) is 46.5 Å². The van der Waals surface area contributed by atoms with E-state index in [1.807, 2.05) is 0 Å². The maximum absolute atomic E-state index is 11.1. The Hall–Kier alpha value is 0.870. The quantitative estimate of drug-likeness (QED) is 0.600. The molecule has 1 unspecified atom stereocenters. The van der Waals surface area contributed by atoms with Crippen LogP contribution in [0.25, 0.3) is 0 Å². The summed E-state index contributed by atoms with van der Waals surface area (Å²) in [6, 6.07) is 0. The molecule has 0 amide bonds. The van der Waals surface area contributed by atoms with Gasteiger partial charge in [0, 0.05) is 0 Å². The van der Waals surface area contributed by atoms with Gasteiger partial charge >= 0.3 is 5.97 Å². The van der Waals surface area contributed by atoms with E-state index in [-0.39, 0.29) is 6.61 Å². The number of ether oxygens (including phenoxy) is 1. The van der Waals surface area contributed by atoms with Crippen molar-refractivity contribution in [2.24, 2.45) is 0 Å². The summed E-state index contributed by atoms with van der Waals surface area (Å²) >= 11 is 9.16. The number of rotatable bonds is 2. The molecule has 0 saturated carbocycles. The Balaban J connectivity index is 4.50. The summed E-state index contributed by atoms with van der Waals surface area (Å²) < 4.78 is 3.59. The molecule has 0 fully saturated rings. The number of carbonyl (C=O) groups excluding carboxylic acids is 1. The Bertz CT molecular complexity index is 173. The summed E-state index contributed by atoms with van der Waals surface area (Å²) in [6.07, 6.45) is 0. The first kappa shape index (κ1) is 12.9. The highest BCUT2D eigenvalue weighted by atomic mass is 80.0. The highest BCUT2D eigenvalue weighted by molar-refractivity contribution is 9.39. The van der Waals surface area contributed by atoms with Crippen LogP contribution in [0.1, 0.15) is 13.8 Å². The Morgan fingerprint density at radius 3 is 2.17 bits per heavy atom. The maximum Gasteiger partial charge on any atom is 0.341 e. The highest BCUT2D eigenvalue weighted by Crippen LogP contribution is 2.44. The molecule has 0 aromatic rings. The van der Waals surface area contributed by atoms with Crippen LogP contribution < -0.4 is 0 Å². The molecule has 3 nitrogen and oxygen atoms in total. The zero-order chi connectivity index (χ0) is 9.99. The van der Waals surface area contributed by atoms with Gasteiger partial charge in [-0.2, -0.15) is 0 Å². The smallest absolute Gasteiger partial charge is 0.341 e. The Labute approximate surface area is 96.2 Å². The zero-order valence-electron chi connectivity index (χ0n) is 6.60. The lowest BCUT2D eigenvalue weighted by atomic mass is 10.1. The van der Waals surface area contributed by atoms with E-state index in [1.54, 1.807) is 6.92 Å². The first-order chi connectivity index (χ1) is 5.23. The summed E-state index contributed by atoms with van der Waals surface area (Å²) in [5, 5.41) is 9.64. The van der Waals surface area contributed by atoms with Crippen molar-refractivity contribution in [3.8, 4) is 0 Å². The molecule has 0 spiro atoms. The average Bonchev–Trinajstić information content (AvgIpc) is 1.85. The van der Waals surface area contributed by atoms with Gasteiger partial charge in [-0.25, -0.2) is 4.79 Å². The maximum atomic E-state index is 11.1. The molecule has 0 saturated heterocycles. The number of hydrogen-bond donors (Lipinski definition) is 1. The molecular weight excluding hydrogens is 360 g/mol. The third kappa shape index (κ3) is 2.97. The third-order valence-electron chi connectivity index (χ3n) is 1.22. The minimum atomic E-state index is -1.66. The fourth-order valence-corrected chi connectivity index (χ4v) is 0.873. The molecule has 72 valence electrons. The van der Waals surface area contributed by atoms with Crippen molar-refractivity contribution < 1.29 is 14.6 Å². The van der Waals surface area contributed by atoms with E-state index >= 15 is 0 Å². The van der Waals surface area contributed by atoms with Crippen LogP contribution in [-0.4, -0.2) is 25.4 Å². The second-order valence-electron chi connectivity index (χ2n) is 2.29. The molecule has 0 bridgehead atoms. The molecule has 12 heavy (non-hydrogen) atoms. The molecule has 6 heteroatoms. The monoisotopic (exact) mass is 366 g/mol. The molecule has 1 atom stereocenters.